The summed E-state index contributed by atoms with van der Waals surface area (Å²) in [5, 5.41) is 4.95. The van der Waals surface area contributed by atoms with Crippen LogP contribution in [0.15, 0.2) is 63.4 Å². The first-order chi connectivity index (χ1) is 12.3. The lowest BCUT2D eigenvalue weighted by Crippen LogP contribution is -2.14. The molecule has 2 N–H and O–H groups in total. The van der Waals surface area contributed by atoms with E-state index in [1.54, 1.807) is 23.6 Å². The van der Waals surface area contributed by atoms with Crippen LogP contribution in [0.4, 0.5) is 10.8 Å². The van der Waals surface area contributed by atoms with Gasteiger partial charge in [0.2, 0.25) is 0 Å². The Morgan fingerprint density at radius 1 is 1.15 bits per heavy atom. The van der Waals surface area contributed by atoms with Gasteiger partial charge in [0.1, 0.15) is 0 Å². The molecule has 1 aromatic heterocycles. The maximum atomic E-state index is 12.3. The van der Waals surface area contributed by atoms with Gasteiger partial charge in [0.05, 0.1) is 15.5 Å². The van der Waals surface area contributed by atoms with E-state index in [2.05, 4.69) is 31.0 Å². The molecule has 2 aromatic carbocycles. The van der Waals surface area contributed by atoms with Crippen LogP contribution in [-0.2, 0) is 10.0 Å². The van der Waals surface area contributed by atoms with Gasteiger partial charge in [0.25, 0.3) is 15.9 Å². The van der Waals surface area contributed by atoms with E-state index in [1.807, 2.05) is 0 Å². The van der Waals surface area contributed by atoms with Crippen LogP contribution >= 0.6 is 38.9 Å². The molecular formula is C16H11BrClN3O3S2. The van der Waals surface area contributed by atoms with Crippen LogP contribution in [0, 0.1) is 0 Å². The van der Waals surface area contributed by atoms with Crippen molar-refractivity contribution in [1.29, 1.82) is 0 Å². The van der Waals surface area contributed by atoms with Crippen LogP contribution in [0.5, 0.6) is 0 Å². The topological polar surface area (TPSA) is 88.2 Å². The van der Waals surface area contributed by atoms with E-state index in [4.69, 9.17) is 11.6 Å². The van der Waals surface area contributed by atoms with Gasteiger partial charge in [-0.05, 0) is 42.5 Å². The molecule has 0 saturated carbocycles. The second-order valence-electron chi connectivity index (χ2n) is 5.05. The quantitative estimate of drug-likeness (QED) is 0.567. The fourth-order valence-corrected chi connectivity index (χ4v) is 4.39. The van der Waals surface area contributed by atoms with Crippen LogP contribution in [0.25, 0.3) is 0 Å². The van der Waals surface area contributed by atoms with Gasteiger partial charge < -0.3 is 5.32 Å². The second kappa shape index (κ2) is 7.75. The molecule has 0 aliphatic rings. The number of thiazole rings is 1. The van der Waals surface area contributed by atoms with Crippen LogP contribution < -0.4 is 10.0 Å². The number of carbonyl (C=O) groups excluding carboxylic acids is 1. The highest BCUT2D eigenvalue weighted by Crippen LogP contribution is 2.23. The van der Waals surface area contributed by atoms with Crippen molar-refractivity contribution in [2.24, 2.45) is 0 Å². The molecule has 0 spiro atoms. The van der Waals surface area contributed by atoms with Crippen LogP contribution in [0.1, 0.15) is 10.4 Å². The van der Waals surface area contributed by atoms with Gasteiger partial charge in [-0.3, -0.25) is 9.52 Å². The van der Waals surface area contributed by atoms with Crippen LogP contribution in [0.2, 0.25) is 5.02 Å². The van der Waals surface area contributed by atoms with Crippen molar-refractivity contribution in [2.45, 2.75) is 4.90 Å². The number of halogens is 2. The van der Waals surface area contributed by atoms with E-state index in [0.29, 0.717) is 16.3 Å². The number of amides is 1. The summed E-state index contributed by atoms with van der Waals surface area (Å²) in [6, 6.07) is 10.7. The Morgan fingerprint density at radius 2 is 1.88 bits per heavy atom. The number of aromatic nitrogens is 1. The largest absolute Gasteiger partial charge is 0.322 e. The predicted octanol–water partition coefficient (Wildman–Crippen LogP) is 4.61. The zero-order chi connectivity index (χ0) is 18.7. The number of nitrogens with zero attached hydrogens (tertiary/aromatic N) is 1. The maximum Gasteiger partial charge on any atom is 0.263 e. The van der Waals surface area contributed by atoms with E-state index in [1.165, 1.54) is 41.8 Å². The van der Waals surface area contributed by atoms with Crippen molar-refractivity contribution in [3.8, 4) is 0 Å². The lowest BCUT2D eigenvalue weighted by atomic mass is 10.2. The number of nitrogens with one attached hydrogen (secondary N) is 2. The second-order valence-corrected chi connectivity index (χ2v) is 8.95. The Bertz CT molecular complexity index is 1040. The Hall–Kier alpha value is -1.94. The molecular weight excluding hydrogens is 462 g/mol. The highest BCUT2D eigenvalue weighted by Gasteiger charge is 2.16. The number of hydrogen-bond acceptors (Lipinski definition) is 5. The molecule has 26 heavy (non-hydrogen) atoms. The first-order valence-corrected chi connectivity index (χ1v) is 10.7. The van der Waals surface area contributed by atoms with Crippen molar-refractivity contribution in [3.63, 3.8) is 0 Å². The summed E-state index contributed by atoms with van der Waals surface area (Å²) >= 11 is 10.5. The van der Waals surface area contributed by atoms with Gasteiger partial charge in [-0.2, -0.15) is 0 Å². The van der Waals surface area contributed by atoms with E-state index in [-0.39, 0.29) is 10.0 Å². The molecule has 0 fully saturated rings. The third-order valence-corrected chi connectivity index (χ3v) is 6.24. The molecule has 3 aromatic rings. The van der Waals surface area contributed by atoms with Crippen molar-refractivity contribution in [3.05, 3.63) is 69.1 Å². The van der Waals surface area contributed by atoms with Gasteiger partial charge in [0, 0.05) is 21.7 Å². The molecule has 0 aliphatic carbocycles. The van der Waals surface area contributed by atoms with E-state index < -0.39 is 15.9 Å². The first kappa shape index (κ1) is 18.8. The molecule has 0 bridgehead atoms. The number of anilines is 2. The molecule has 0 radical (unpaired) electrons. The van der Waals surface area contributed by atoms with E-state index in [0.717, 1.165) is 4.47 Å². The molecule has 10 heteroatoms. The Kier molecular flexibility index (Phi) is 5.61. The van der Waals surface area contributed by atoms with Crippen molar-refractivity contribution >= 4 is 65.6 Å². The highest BCUT2D eigenvalue weighted by molar-refractivity contribution is 9.10. The summed E-state index contributed by atoms with van der Waals surface area (Å²) < 4.78 is 27.7. The maximum absolute atomic E-state index is 12.3. The molecule has 1 amide bonds. The summed E-state index contributed by atoms with van der Waals surface area (Å²) in [5.41, 5.74) is 0.752. The lowest BCUT2D eigenvalue weighted by molar-refractivity contribution is 0.102. The van der Waals surface area contributed by atoms with Crippen molar-refractivity contribution in [2.75, 3.05) is 10.0 Å². The predicted molar refractivity (Wildman–Crippen MR) is 106 cm³/mol. The highest BCUT2D eigenvalue weighted by atomic mass is 79.9. The Labute approximate surface area is 167 Å². The van der Waals surface area contributed by atoms with Gasteiger partial charge in [0.15, 0.2) is 5.13 Å². The average molecular weight is 473 g/mol. The van der Waals surface area contributed by atoms with Crippen molar-refractivity contribution < 1.29 is 13.2 Å². The molecule has 1 heterocycles. The number of benzene rings is 2. The van der Waals surface area contributed by atoms with E-state index >= 15 is 0 Å². The fraction of sp³-hybridized carbons (Fsp3) is 0. The SMILES string of the molecule is O=C(Nc1ccc(S(=O)(=O)Nc2nccs2)cc1)c1cc(Br)ccc1Cl. The normalized spacial score (nSPS) is 11.2. The van der Waals surface area contributed by atoms with Crippen molar-refractivity contribution in [1.82, 2.24) is 4.98 Å². The summed E-state index contributed by atoms with van der Waals surface area (Å²) in [4.78, 5) is 16.3. The van der Waals surface area contributed by atoms with E-state index in [9.17, 15) is 13.2 Å². The number of sulfonamides is 1. The van der Waals surface area contributed by atoms with Gasteiger partial charge >= 0.3 is 0 Å². The number of carbonyl (C=O) groups is 1. The van der Waals surface area contributed by atoms with Gasteiger partial charge in [-0.1, -0.05) is 27.5 Å². The summed E-state index contributed by atoms with van der Waals surface area (Å²) in [5.74, 6) is -0.396. The Morgan fingerprint density at radius 3 is 2.54 bits per heavy atom. The number of hydrogen-bond donors (Lipinski definition) is 2. The van der Waals surface area contributed by atoms with Gasteiger partial charge in [-0.15, -0.1) is 11.3 Å². The smallest absolute Gasteiger partial charge is 0.263 e. The molecule has 3 rings (SSSR count). The summed E-state index contributed by atoms with van der Waals surface area (Å²) in [6.45, 7) is 0. The van der Waals surface area contributed by atoms with Gasteiger partial charge in [-0.25, -0.2) is 13.4 Å². The monoisotopic (exact) mass is 471 g/mol. The first-order valence-electron chi connectivity index (χ1n) is 7.14. The summed E-state index contributed by atoms with van der Waals surface area (Å²) in [6.07, 6.45) is 1.51. The van der Waals surface area contributed by atoms with Crippen LogP contribution in [0.3, 0.4) is 0 Å². The fourth-order valence-electron chi connectivity index (χ4n) is 2.04. The third kappa shape index (κ3) is 4.42. The standard InChI is InChI=1S/C16H11BrClN3O3S2/c17-10-1-6-14(18)13(9-10)15(22)20-11-2-4-12(5-3-11)26(23,24)21-16-19-7-8-25-16/h1-9H,(H,19,21)(H,20,22). The lowest BCUT2D eigenvalue weighted by Gasteiger charge is -2.09. The zero-order valence-electron chi connectivity index (χ0n) is 12.9. The molecule has 134 valence electrons. The Balaban J connectivity index is 1.75. The summed E-state index contributed by atoms with van der Waals surface area (Å²) in [7, 11) is -3.74. The minimum Gasteiger partial charge on any atom is -0.322 e. The molecule has 6 nitrogen and oxygen atoms in total. The average Bonchev–Trinajstić information content (AvgIpc) is 3.09. The third-order valence-electron chi connectivity index (χ3n) is 3.25. The molecule has 0 atom stereocenters. The minimum atomic E-state index is -3.74. The van der Waals surface area contributed by atoms with Crippen LogP contribution in [-0.4, -0.2) is 19.3 Å². The molecule has 0 aliphatic heterocycles. The minimum absolute atomic E-state index is 0.0613. The molecule has 0 unspecified atom stereocenters. The zero-order valence-corrected chi connectivity index (χ0v) is 16.9. The molecule has 0 saturated heterocycles. The number of rotatable bonds is 5.